The van der Waals surface area contributed by atoms with E-state index in [2.05, 4.69) is 26.7 Å². The van der Waals surface area contributed by atoms with Crippen molar-refractivity contribution in [3.8, 4) is 0 Å². The van der Waals surface area contributed by atoms with Crippen LogP contribution in [0.15, 0.2) is 23.3 Å². The van der Waals surface area contributed by atoms with E-state index >= 15 is 0 Å². The summed E-state index contributed by atoms with van der Waals surface area (Å²) in [4.78, 5) is 10.7. The van der Waals surface area contributed by atoms with Gasteiger partial charge in [-0.2, -0.15) is 0 Å². The first-order chi connectivity index (χ1) is 11.6. The Morgan fingerprint density at radius 3 is 2.68 bits per heavy atom. The van der Waals surface area contributed by atoms with Gasteiger partial charge < -0.3 is 20.3 Å². The summed E-state index contributed by atoms with van der Waals surface area (Å²) in [7, 11) is 7.59. The Labute approximate surface area is 168 Å². The molecule has 0 radical (unpaired) electrons. The van der Waals surface area contributed by atoms with Crippen LogP contribution in [0.5, 0.6) is 0 Å². The van der Waals surface area contributed by atoms with Gasteiger partial charge in [-0.05, 0) is 42.4 Å². The summed E-state index contributed by atoms with van der Waals surface area (Å²) in [5, 5.41) is 6.88. The minimum absolute atomic E-state index is 0. The maximum absolute atomic E-state index is 5.26. The molecule has 0 unspecified atom stereocenters. The average Bonchev–Trinajstić information content (AvgIpc) is 2.56. The number of aliphatic imine (C=N–C) groups is 1. The molecule has 25 heavy (non-hydrogen) atoms. The zero-order valence-electron chi connectivity index (χ0n) is 15.8. The molecular formula is C18H32IN5O. The number of nitrogens with zero attached hydrogens (tertiary/aromatic N) is 3. The van der Waals surface area contributed by atoms with E-state index in [1.807, 2.05) is 38.3 Å². The first kappa shape index (κ1) is 22.0. The Morgan fingerprint density at radius 2 is 2.12 bits per heavy atom. The SMILES string of the molecule is CN=C(NCc1ccnc(N(C)C)c1)NCC1(CCOC)CCC1.I. The standard InChI is InChI=1S/C18H31N5O.HI/c1-19-17(22-14-18(7-5-8-18)9-11-24-4)21-13-15-6-10-20-16(12-15)23(2)3;/h6,10,12H,5,7-9,11,13-14H2,1-4H3,(H2,19,21,22);1H. The predicted molar refractivity (Wildman–Crippen MR) is 115 cm³/mol. The molecule has 2 rings (SSSR count). The van der Waals surface area contributed by atoms with Crippen LogP contribution in [0.25, 0.3) is 0 Å². The molecule has 0 spiro atoms. The van der Waals surface area contributed by atoms with Crippen molar-refractivity contribution in [2.75, 3.05) is 46.3 Å². The highest BCUT2D eigenvalue weighted by molar-refractivity contribution is 14.0. The van der Waals surface area contributed by atoms with Crippen LogP contribution in [-0.2, 0) is 11.3 Å². The van der Waals surface area contributed by atoms with Crippen LogP contribution in [0.3, 0.4) is 0 Å². The summed E-state index contributed by atoms with van der Waals surface area (Å²) in [6, 6.07) is 4.12. The number of nitrogens with one attached hydrogen (secondary N) is 2. The minimum Gasteiger partial charge on any atom is -0.385 e. The second-order valence-electron chi connectivity index (χ2n) is 6.79. The molecule has 0 saturated heterocycles. The number of aromatic nitrogens is 1. The van der Waals surface area contributed by atoms with Crippen LogP contribution in [-0.4, -0.2) is 52.3 Å². The highest BCUT2D eigenvalue weighted by atomic mass is 127. The van der Waals surface area contributed by atoms with Crippen LogP contribution in [0.1, 0.15) is 31.2 Å². The number of anilines is 1. The molecule has 2 N–H and O–H groups in total. The van der Waals surface area contributed by atoms with Gasteiger partial charge in [-0.25, -0.2) is 4.98 Å². The zero-order valence-corrected chi connectivity index (χ0v) is 18.2. The van der Waals surface area contributed by atoms with Gasteiger partial charge in [0.2, 0.25) is 0 Å². The van der Waals surface area contributed by atoms with Gasteiger partial charge in [0, 0.05) is 54.1 Å². The van der Waals surface area contributed by atoms with Gasteiger partial charge in [0.15, 0.2) is 5.96 Å². The predicted octanol–water partition coefficient (Wildman–Crippen LogP) is 2.64. The molecule has 1 heterocycles. The summed E-state index contributed by atoms with van der Waals surface area (Å²) in [5.74, 6) is 1.81. The molecule has 0 bridgehead atoms. The summed E-state index contributed by atoms with van der Waals surface area (Å²) in [5.41, 5.74) is 1.57. The molecule has 1 aliphatic rings. The van der Waals surface area contributed by atoms with E-state index in [1.165, 1.54) is 24.8 Å². The molecule has 6 nitrogen and oxygen atoms in total. The largest absolute Gasteiger partial charge is 0.385 e. The molecule has 1 saturated carbocycles. The fraction of sp³-hybridized carbons (Fsp3) is 0.667. The molecule has 1 aliphatic carbocycles. The van der Waals surface area contributed by atoms with Crippen molar-refractivity contribution in [3.05, 3.63) is 23.9 Å². The van der Waals surface area contributed by atoms with Crippen molar-refractivity contribution in [3.63, 3.8) is 0 Å². The van der Waals surface area contributed by atoms with Gasteiger partial charge in [0.05, 0.1) is 0 Å². The molecule has 0 atom stereocenters. The van der Waals surface area contributed by atoms with Crippen molar-refractivity contribution in [2.24, 2.45) is 10.4 Å². The number of halogens is 1. The van der Waals surface area contributed by atoms with Crippen LogP contribution in [0.2, 0.25) is 0 Å². The molecule has 1 fully saturated rings. The van der Waals surface area contributed by atoms with E-state index in [0.29, 0.717) is 5.41 Å². The van der Waals surface area contributed by atoms with E-state index in [0.717, 1.165) is 37.9 Å². The molecule has 0 aliphatic heterocycles. The molecule has 1 aromatic heterocycles. The quantitative estimate of drug-likeness (QED) is 0.354. The van der Waals surface area contributed by atoms with E-state index in [1.54, 1.807) is 7.11 Å². The maximum atomic E-state index is 5.26. The van der Waals surface area contributed by atoms with Gasteiger partial charge in [-0.3, -0.25) is 4.99 Å². The van der Waals surface area contributed by atoms with Crippen molar-refractivity contribution in [1.29, 1.82) is 0 Å². The number of rotatable bonds is 8. The van der Waals surface area contributed by atoms with E-state index in [9.17, 15) is 0 Å². The van der Waals surface area contributed by atoms with Gasteiger partial charge in [0.1, 0.15) is 5.82 Å². The second kappa shape index (κ2) is 10.8. The van der Waals surface area contributed by atoms with Crippen LogP contribution in [0, 0.1) is 5.41 Å². The highest BCUT2D eigenvalue weighted by Crippen LogP contribution is 2.43. The Morgan fingerprint density at radius 1 is 1.36 bits per heavy atom. The lowest BCUT2D eigenvalue weighted by atomic mass is 9.67. The lowest BCUT2D eigenvalue weighted by Crippen LogP contribution is -2.46. The van der Waals surface area contributed by atoms with Gasteiger partial charge in [-0.1, -0.05) is 6.42 Å². The average molecular weight is 461 g/mol. The molecule has 142 valence electrons. The Balaban J connectivity index is 0.00000312. The number of pyridine rings is 1. The normalized spacial score (nSPS) is 15.8. The number of hydrogen-bond acceptors (Lipinski definition) is 4. The number of methoxy groups -OCH3 is 1. The highest BCUT2D eigenvalue weighted by Gasteiger charge is 2.36. The van der Waals surface area contributed by atoms with Crippen molar-refractivity contribution < 1.29 is 4.74 Å². The monoisotopic (exact) mass is 461 g/mol. The maximum Gasteiger partial charge on any atom is 0.191 e. The Kier molecular flexibility index (Phi) is 9.48. The fourth-order valence-electron chi connectivity index (χ4n) is 3.00. The van der Waals surface area contributed by atoms with Crippen LogP contribution in [0.4, 0.5) is 5.82 Å². The van der Waals surface area contributed by atoms with Crippen molar-refractivity contribution in [1.82, 2.24) is 15.6 Å². The summed E-state index contributed by atoms with van der Waals surface area (Å²) < 4.78 is 5.26. The molecule has 0 aromatic carbocycles. The van der Waals surface area contributed by atoms with Gasteiger partial charge >= 0.3 is 0 Å². The Hall–Kier alpha value is -1.09. The number of guanidine groups is 1. The topological polar surface area (TPSA) is 61.8 Å². The van der Waals surface area contributed by atoms with Crippen LogP contribution < -0.4 is 15.5 Å². The molecule has 0 amide bonds. The summed E-state index contributed by atoms with van der Waals surface area (Å²) in [6.07, 6.45) is 6.83. The second-order valence-corrected chi connectivity index (χ2v) is 6.79. The fourth-order valence-corrected chi connectivity index (χ4v) is 3.00. The van der Waals surface area contributed by atoms with Gasteiger partial charge in [0.25, 0.3) is 0 Å². The zero-order chi connectivity index (χ0) is 17.4. The summed E-state index contributed by atoms with van der Waals surface area (Å²) in [6.45, 7) is 2.52. The number of hydrogen-bond donors (Lipinski definition) is 2. The molecule has 1 aromatic rings. The van der Waals surface area contributed by atoms with E-state index < -0.39 is 0 Å². The Bertz CT molecular complexity index is 546. The smallest absolute Gasteiger partial charge is 0.191 e. The van der Waals surface area contributed by atoms with Crippen molar-refractivity contribution >= 4 is 35.8 Å². The minimum atomic E-state index is 0. The van der Waals surface area contributed by atoms with Crippen molar-refractivity contribution in [2.45, 2.75) is 32.2 Å². The first-order valence-corrected chi connectivity index (χ1v) is 8.64. The number of ether oxygens (including phenoxy) is 1. The lowest BCUT2D eigenvalue weighted by Gasteiger charge is -2.42. The first-order valence-electron chi connectivity index (χ1n) is 8.64. The molecular weight excluding hydrogens is 429 g/mol. The van der Waals surface area contributed by atoms with E-state index in [4.69, 9.17) is 4.74 Å². The van der Waals surface area contributed by atoms with Crippen LogP contribution >= 0.6 is 24.0 Å². The third-order valence-electron chi connectivity index (χ3n) is 4.83. The third kappa shape index (κ3) is 6.62. The molecule has 7 heteroatoms. The third-order valence-corrected chi connectivity index (χ3v) is 4.83. The lowest BCUT2D eigenvalue weighted by molar-refractivity contribution is 0.0732. The van der Waals surface area contributed by atoms with Gasteiger partial charge in [-0.15, -0.1) is 24.0 Å². The van der Waals surface area contributed by atoms with E-state index in [-0.39, 0.29) is 24.0 Å². The summed E-state index contributed by atoms with van der Waals surface area (Å²) >= 11 is 0.